The van der Waals surface area contributed by atoms with Gasteiger partial charge in [0, 0.05) is 11.4 Å². The number of hydroxylamine groups is 1. The van der Waals surface area contributed by atoms with Crippen LogP contribution < -0.4 is 5.48 Å². The topological polar surface area (TPSA) is 72.8 Å². The molecule has 5 nitrogen and oxygen atoms in total. The van der Waals surface area contributed by atoms with Crippen LogP contribution in [0.2, 0.25) is 0 Å². The molecule has 2 aromatic carbocycles. The van der Waals surface area contributed by atoms with E-state index < -0.39 is 11.9 Å². The van der Waals surface area contributed by atoms with Gasteiger partial charge in [-0.25, -0.2) is 9.79 Å². The van der Waals surface area contributed by atoms with Crippen molar-refractivity contribution in [3.8, 4) is 5.75 Å². The molecule has 0 unspecified atom stereocenters. The summed E-state index contributed by atoms with van der Waals surface area (Å²) in [6.07, 6.45) is 0.948. The van der Waals surface area contributed by atoms with Gasteiger partial charge in [0.2, 0.25) is 0 Å². The normalized spacial score (nSPS) is 12.9. The summed E-state index contributed by atoms with van der Waals surface area (Å²) >= 11 is 1.51. The molecule has 0 bridgehead atoms. The number of amides is 1. The lowest BCUT2D eigenvalue weighted by molar-refractivity contribution is -0.134. The lowest BCUT2D eigenvalue weighted by Gasteiger charge is -2.32. The standard InChI is InChI=1S/C20H28N2O3S/c1-13(2)9-10-22(19(14(3)4)20(24)21-25)26-18-8-6-15-5-7-17(23)11-16(15)12-18/h5-8,11-14,19,23,25H,9-10H2,1-4H3,(H,21,24)/t19-/m1/s1. The summed E-state index contributed by atoms with van der Waals surface area (Å²) in [4.78, 5) is 13.2. The van der Waals surface area contributed by atoms with Crippen LogP contribution in [0.1, 0.15) is 34.1 Å². The van der Waals surface area contributed by atoms with E-state index in [2.05, 4.69) is 13.8 Å². The van der Waals surface area contributed by atoms with E-state index in [1.54, 1.807) is 12.1 Å². The van der Waals surface area contributed by atoms with E-state index >= 15 is 0 Å². The molecule has 0 aliphatic rings. The van der Waals surface area contributed by atoms with Gasteiger partial charge in [-0.05, 0) is 65.2 Å². The van der Waals surface area contributed by atoms with Gasteiger partial charge in [0.05, 0.1) is 0 Å². The lowest BCUT2D eigenvalue weighted by atomic mass is 10.0. The van der Waals surface area contributed by atoms with Crippen molar-refractivity contribution in [1.82, 2.24) is 9.79 Å². The first-order valence-electron chi connectivity index (χ1n) is 8.93. The maximum atomic E-state index is 12.2. The minimum atomic E-state index is -0.441. The van der Waals surface area contributed by atoms with Crippen LogP contribution in [0.3, 0.4) is 0 Å². The molecule has 0 fully saturated rings. The van der Waals surface area contributed by atoms with Gasteiger partial charge in [0.25, 0.3) is 5.91 Å². The summed E-state index contributed by atoms with van der Waals surface area (Å²) in [5.74, 6) is 0.397. The number of benzene rings is 2. The molecule has 142 valence electrons. The third-order valence-electron chi connectivity index (χ3n) is 4.27. The van der Waals surface area contributed by atoms with Crippen LogP contribution in [-0.2, 0) is 4.79 Å². The van der Waals surface area contributed by atoms with Crippen molar-refractivity contribution in [1.29, 1.82) is 0 Å². The molecule has 0 heterocycles. The Balaban J connectivity index is 2.31. The minimum absolute atomic E-state index is 0.0475. The van der Waals surface area contributed by atoms with Gasteiger partial charge in [-0.2, -0.15) is 0 Å². The second-order valence-corrected chi connectivity index (χ2v) is 8.40. The number of phenols is 1. The molecule has 2 rings (SSSR count). The van der Waals surface area contributed by atoms with Gasteiger partial charge in [-0.1, -0.05) is 39.8 Å². The van der Waals surface area contributed by atoms with Crippen molar-refractivity contribution in [2.24, 2.45) is 11.8 Å². The largest absolute Gasteiger partial charge is 0.508 e. The Hall–Kier alpha value is -1.76. The predicted molar refractivity (Wildman–Crippen MR) is 106 cm³/mol. The molecular weight excluding hydrogens is 348 g/mol. The van der Waals surface area contributed by atoms with E-state index in [9.17, 15) is 9.90 Å². The number of hydrogen-bond donors (Lipinski definition) is 3. The Labute approximate surface area is 159 Å². The third-order valence-corrected chi connectivity index (χ3v) is 5.37. The highest BCUT2D eigenvalue weighted by molar-refractivity contribution is 7.97. The summed E-state index contributed by atoms with van der Waals surface area (Å²) in [6.45, 7) is 8.98. The Kier molecular flexibility index (Phi) is 7.32. The maximum absolute atomic E-state index is 12.2. The quantitative estimate of drug-likeness (QED) is 0.361. The van der Waals surface area contributed by atoms with Gasteiger partial charge < -0.3 is 5.11 Å². The molecule has 3 N–H and O–H groups in total. The Bertz CT molecular complexity index is 749. The number of phenolic OH excluding ortho intramolecular Hbond substituents is 1. The molecule has 1 amide bonds. The minimum Gasteiger partial charge on any atom is -0.508 e. The van der Waals surface area contributed by atoms with Crippen LogP contribution in [0.15, 0.2) is 41.3 Å². The maximum Gasteiger partial charge on any atom is 0.261 e. The van der Waals surface area contributed by atoms with E-state index in [1.165, 1.54) is 11.9 Å². The van der Waals surface area contributed by atoms with Crippen molar-refractivity contribution in [3.63, 3.8) is 0 Å². The number of nitrogens with one attached hydrogen (secondary N) is 1. The molecule has 0 aliphatic heterocycles. The van der Waals surface area contributed by atoms with Crippen LogP contribution in [0, 0.1) is 11.8 Å². The monoisotopic (exact) mass is 376 g/mol. The van der Waals surface area contributed by atoms with Crippen molar-refractivity contribution >= 4 is 28.6 Å². The number of nitrogens with zero attached hydrogens (tertiary/aromatic N) is 1. The van der Waals surface area contributed by atoms with Crippen LogP contribution >= 0.6 is 11.9 Å². The van der Waals surface area contributed by atoms with Crippen LogP contribution in [0.4, 0.5) is 0 Å². The highest BCUT2D eigenvalue weighted by Crippen LogP contribution is 2.31. The molecule has 1 atom stereocenters. The molecule has 2 aromatic rings. The Morgan fingerprint density at radius 3 is 2.42 bits per heavy atom. The predicted octanol–water partition coefficient (Wildman–Crippen LogP) is 4.43. The van der Waals surface area contributed by atoms with Crippen LogP contribution in [-0.4, -0.2) is 33.1 Å². The van der Waals surface area contributed by atoms with E-state index in [1.807, 2.05) is 47.9 Å². The smallest absolute Gasteiger partial charge is 0.261 e. The first-order chi connectivity index (χ1) is 12.3. The van der Waals surface area contributed by atoms with Crippen LogP contribution in [0.5, 0.6) is 5.75 Å². The van der Waals surface area contributed by atoms with Crippen molar-refractivity contribution in [2.75, 3.05) is 6.54 Å². The first kappa shape index (κ1) is 20.6. The number of carbonyl (C=O) groups excluding carboxylic acids is 1. The molecule has 0 aliphatic carbocycles. The van der Waals surface area contributed by atoms with E-state index in [4.69, 9.17) is 5.21 Å². The third kappa shape index (κ3) is 5.37. The Morgan fingerprint density at radius 1 is 1.12 bits per heavy atom. The lowest BCUT2D eigenvalue weighted by Crippen LogP contribution is -2.46. The zero-order chi connectivity index (χ0) is 19.3. The summed E-state index contributed by atoms with van der Waals surface area (Å²) in [6, 6.07) is 10.9. The van der Waals surface area contributed by atoms with Crippen molar-refractivity contribution < 1.29 is 15.1 Å². The fourth-order valence-electron chi connectivity index (χ4n) is 2.86. The fourth-order valence-corrected chi connectivity index (χ4v) is 4.09. The second-order valence-electron chi connectivity index (χ2n) is 7.27. The zero-order valence-corrected chi connectivity index (χ0v) is 16.6. The molecule has 6 heteroatoms. The Morgan fingerprint density at radius 2 is 1.81 bits per heavy atom. The van der Waals surface area contributed by atoms with Gasteiger partial charge >= 0.3 is 0 Å². The van der Waals surface area contributed by atoms with Crippen molar-refractivity contribution in [3.05, 3.63) is 36.4 Å². The molecular formula is C20H28N2O3S. The molecule has 26 heavy (non-hydrogen) atoms. The van der Waals surface area contributed by atoms with E-state index in [0.29, 0.717) is 5.92 Å². The number of carbonyl (C=O) groups is 1. The van der Waals surface area contributed by atoms with Crippen LogP contribution in [0.25, 0.3) is 10.8 Å². The average molecular weight is 377 g/mol. The molecule has 0 radical (unpaired) electrons. The summed E-state index contributed by atoms with van der Waals surface area (Å²) in [5, 5.41) is 20.9. The zero-order valence-electron chi connectivity index (χ0n) is 15.8. The number of fused-ring (bicyclic) bond motifs is 1. The highest BCUT2D eigenvalue weighted by Gasteiger charge is 2.29. The second kappa shape index (κ2) is 9.26. The number of aromatic hydroxyl groups is 1. The molecule has 0 saturated heterocycles. The summed E-state index contributed by atoms with van der Waals surface area (Å²) < 4.78 is 2.04. The van der Waals surface area contributed by atoms with Crippen molar-refractivity contribution in [2.45, 2.75) is 45.1 Å². The molecule has 0 aromatic heterocycles. The SMILES string of the molecule is CC(C)CCN(Sc1ccc2ccc(O)cc2c1)[C@@H](C(=O)NO)C(C)C. The van der Waals surface area contributed by atoms with Gasteiger partial charge in [-0.3, -0.25) is 10.0 Å². The average Bonchev–Trinajstić information content (AvgIpc) is 2.58. The highest BCUT2D eigenvalue weighted by atomic mass is 32.2. The van der Waals surface area contributed by atoms with Gasteiger partial charge in [0.1, 0.15) is 11.8 Å². The van der Waals surface area contributed by atoms with Gasteiger partial charge in [0.15, 0.2) is 0 Å². The van der Waals surface area contributed by atoms with E-state index in [0.717, 1.165) is 28.6 Å². The summed E-state index contributed by atoms with van der Waals surface area (Å²) in [5.41, 5.74) is 1.81. The van der Waals surface area contributed by atoms with E-state index in [-0.39, 0.29) is 11.7 Å². The number of rotatable bonds is 8. The fraction of sp³-hybridized carbons (Fsp3) is 0.450. The molecule has 0 spiro atoms. The first-order valence-corrected chi connectivity index (χ1v) is 9.70. The van der Waals surface area contributed by atoms with Gasteiger partial charge in [-0.15, -0.1) is 0 Å². The molecule has 0 saturated carbocycles. The number of hydrogen-bond acceptors (Lipinski definition) is 5. The summed E-state index contributed by atoms with van der Waals surface area (Å²) in [7, 11) is 0.